The first-order valence-corrected chi connectivity index (χ1v) is 4.84. The van der Waals surface area contributed by atoms with E-state index in [1.807, 2.05) is 13.8 Å². The molecule has 0 bridgehead atoms. The van der Waals surface area contributed by atoms with Crippen LogP contribution in [0.15, 0.2) is 18.2 Å². The fourth-order valence-corrected chi connectivity index (χ4v) is 1.11. The largest absolute Gasteiger partial charge is 0.399 e. The monoisotopic (exact) mass is 210 g/mol. The van der Waals surface area contributed by atoms with Crippen molar-refractivity contribution in [2.75, 3.05) is 12.3 Å². The Balaban J connectivity index is 2.77. The number of amides is 1. The molecule has 0 saturated carbocycles. The highest BCUT2D eigenvalue weighted by molar-refractivity contribution is 5.95. The highest BCUT2D eigenvalue weighted by Gasteiger charge is 2.11. The van der Waals surface area contributed by atoms with Crippen LogP contribution in [-0.4, -0.2) is 12.5 Å². The Morgan fingerprint density at radius 1 is 1.53 bits per heavy atom. The van der Waals surface area contributed by atoms with E-state index in [1.165, 1.54) is 18.2 Å². The Bertz CT molecular complexity index is 364. The predicted molar refractivity (Wildman–Crippen MR) is 58.0 cm³/mol. The molecule has 3 nitrogen and oxygen atoms in total. The minimum atomic E-state index is -0.551. The molecule has 1 aromatic rings. The number of hydrogen-bond acceptors (Lipinski definition) is 2. The van der Waals surface area contributed by atoms with E-state index in [-0.39, 0.29) is 5.56 Å². The van der Waals surface area contributed by atoms with Gasteiger partial charge >= 0.3 is 0 Å². The van der Waals surface area contributed by atoms with Crippen LogP contribution in [0.2, 0.25) is 0 Å². The van der Waals surface area contributed by atoms with Crippen molar-refractivity contribution in [3.63, 3.8) is 0 Å². The molecule has 0 aliphatic carbocycles. The summed E-state index contributed by atoms with van der Waals surface area (Å²) < 4.78 is 13.2. The van der Waals surface area contributed by atoms with Crippen LogP contribution in [-0.2, 0) is 0 Å². The van der Waals surface area contributed by atoms with Gasteiger partial charge in [0.05, 0.1) is 5.56 Å². The van der Waals surface area contributed by atoms with Gasteiger partial charge in [-0.3, -0.25) is 4.79 Å². The van der Waals surface area contributed by atoms with Gasteiger partial charge in [0, 0.05) is 12.2 Å². The van der Waals surface area contributed by atoms with Crippen molar-refractivity contribution in [1.29, 1.82) is 0 Å². The molecule has 0 radical (unpaired) electrons. The summed E-state index contributed by atoms with van der Waals surface area (Å²) in [5, 5.41) is 2.63. The summed E-state index contributed by atoms with van der Waals surface area (Å²) in [5.41, 5.74) is 5.85. The van der Waals surface area contributed by atoms with Crippen molar-refractivity contribution >= 4 is 11.6 Å². The smallest absolute Gasteiger partial charge is 0.254 e. The highest BCUT2D eigenvalue weighted by atomic mass is 19.1. The zero-order chi connectivity index (χ0) is 11.4. The second-order valence-corrected chi connectivity index (χ2v) is 3.84. The molecule has 1 aromatic carbocycles. The normalized spacial score (nSPS) is 10.4. The fourth-order valence-electron chi connectivity index (χ4n) is 1.11. The van der Waals surface area contributed by atoms with Gasteiger partial charge in [0.15, 0.2) is 0 Å². The second kappa shape index (κ2) is 4.77. The standard InChI is InChI=1S/C11H15FN2O/c1-7(2)6-14-11(15)9-5-8(13)3-4-10(9)12/h3-5,7H,6,13H2,1-2H3,(H,14,15). The molecule has 0 aliphatic heterocycles. The van der Waals surface area contributed by atoms with Crippen LogP contribution in [0.4, 0.5) is 10.1 Å². The summed E-state index contributed by atoms with van der Waals surface area (Å²) in [6.07, 6.45) is 0. The number of halogens is 1. The Kier molecular flexibility index (Phi) is 3.66. The van der Waals surface area contributed by atoms with Crippen LogP contribution < -0.4 is 11.1 Å². The molecule has 0 fully saturated rings. The molecular formula is C11H15FN2O. The zero-order valence-corrected chi connectivity index (χ0v) is 8.88. The lowest BCUT2D eigenvalue weighted by molar-refractivity contribution is 0.0945. The Hall–Kier alpha value is -1.58. The van der Waals surface area contributed by atoms with E-state index < -0.39 is 11.7 Å². The van der Waals surface area contributed by atoms with Gasteiger partial charge < -0.3 is 11.1 Å². The van der Waals surface area contributed by atoms with Gasteiger partial charge in [-0.1, -0.05) is 13.8 Å². The average Bonchev–Trinajstić information content (AvgIpc) is 2.18. The third kappa shape index (κ3) is 3.23. The molecule has 0 unspecified atom stereocenters. The number of carbonyl (C=O) groups excluding carboxylic acids is 1. The molecule has 1 amide bonds. The van der Waals surface area contributed by atoms with Gasteiger partial charge in [0.25, 0.3) is 5.91 Å². The van der Waals surface area contributed by atoms with E-state index in [0.717, 1.165) is 0 Å². The van der Waals surface area contributed by atoms with Gasteiger partial charge in [-0.15, -0.1) is 0 Å². The van der Waals surface area contributed by atoms with Gasteiger partial charge in [-0.2, -0.15) is 0 Å². The Morgan fingerprint density at radius 2 is 2.20 bits per heavy atom. The summed E-state index contributed by atoms with van der Waals surface area (Å²) >= 11 is 0. The number of rotatable bonds is 3. The molecule has 1 rings (SSSR count). The van der Waals surface area contributed by atoms with Crippen molar-refractivity contribution in [2.24, 2.45) is 5.92 Å². The maximum Gasteiger partial charge on any atom is 0.254 e. The summed E-state index contributed by atoms with van der Waals surface area (Å²) in [6, 6.07) is 3.96. The van der Waals surface area contributed by atoms with Crippen molar-refractivity contribution in [2.45, 2.75) is 13.8 Å². The summed E-state index contributed by atoms with van der Waals surface area (Å²) in [6.45, 7) is 4.46. The average molecular weight is 210 g/mol. The van der Waals surface area contributed by atoms with Crippen LogP contribution in [0, 0.1) is 11.7 Å². The van der Waals surface area contributed by atoms with E-state index in [9.17, 15) is 9.18 Å². The van der Waals surface area contributed by atoms with Crippen molar-refractivity contribution in [1.82, 2.24) is 5.32 Å². The molecule has 0 spiro atoms. The molecule has 0 aromatic heterocycles. The molecule has 0 aliphatic rings. The number of carbonyl (C=O) groups is 1. The topological polar surface area (TPSA) is 55.1 Å². The van der Waals surface area contributed by atoms with Crippen LogP contribution in [0.5, 0.6) is 0 Å². The fraction of sp³-hybridized carbons (Fsp3) is 0.364. The van der Waals surface area contributed by atoms with Crippen molar-refractivity contribution in [3.8, 4) is 0 Å². The lowest BCUT2D eigenvalue weighted by atomic mass is 10.1. The van der Waals surface area contributed by atoms with Crippen LogP contribution >= 0.6 is 0 Å². The zero-order valence-electron chi connectivity index (χ0n) is 8.88. The van der Waals surface area contributed by atoms with E-state index >= 15 is 0 Å². The highest BCUT2D eigenvalue weighted by Crippen LogP contribution is 2.11. The summed E-state index contributed by atoms with van der Waals surface area (Å²) in [4.78, 5) is 11.5. The number of nitrogens with two attached hydrogens (primary N) is 1. The van der Waals surface area contributed by atoms with Crippen molar-refractivity contribution < 1.29 is 9.18 Å². The van der Waals surface area contributed by atoms with E-state index in [1.54, 1.807) is 0 Å². The molecule has 0 atom stereocenters. The lowest BCUT2D eigenvalue weighted by Crippen LogP contribution is -2.28. The van der Waals surface area contributed by atoms with Gasteiger partial charge in [-0.05, 0) is 24.1 Å². The molecule has 0 heterocycles. The quantitative estimate of drug-likeness (QED) is 0.747. The first kappa shape index (κ1) is 11.5. The predicted octanol–water partition coefficient (Wildman–Crippen LogP) is 1.79. The molecule has 0 saturated heterocycles. The minimum absolute atomic E-state index is 0.00403. The molecule has 15 heavy (non-hydrogen) atoms. The second-order valence-electron chi connectivity index (χ2n) is 3.84. The SMILES string of the molecule is CC(C)CNC(=O)c1cc(N)ccc1F. The van der Waals surface area contributed by atoms with Gasteiger partial charge in [-0.25, -0.2) is 4.39 Å². The number of benzene rings is 1. The molecule has 82 valence electrons. The molecular weight excluding hydrogens is 195 g/mol. The minimum Gasteiger partial charge on any atom is -0.399 e. The summed E-state index contributed by atoms with van der Waals surface area (Å²) in [7, 11) is 0. The van der Waals surface area contributed by atoms with Crippen LogP contribution in [0.25, 0.3) is 0 Å². The Labute approximate surface area is 88.5 Å². The first-order valence-electron chi connectivity index (χ1n) is 4.84. The van der Waals surface area contributed by atoms with Crippen LogP contribution in [0.3, 0.4) is 0 Å². The number of hydrogen-bond donors (Lipinski definition) is 2. The number of nitrogen functional groups attached to an aromatic ring is 1. The maximum absolute atomic E-state index is 13.2. The third-order valence-corrected chi connectivity index (χ3v) is 1.91. The van der Waals surface area contributed by atoms with E-state index in [0.29, 0.717) is 18.2 Å². The van der Waals surface area contributed by atoms with E-state index in [4.69, 9.17) is 5.73 Å². The lowest BCUT2D eigenvalue weighted by Gasteiger charge is -2.08. The van der Waals surface area contributed by atoms with Crippen molar-refractivity contribution in [3.05, 3.63) is 29.6 Å². The molecule has 3 N–H and O–H groups in total. The Morgan fingerprint density at radius 3 is 2.80 bits per heavy atom. The third-order valence-electron chi connectivity index (χ3n) is 1.91. The first-order chi connectivity index (χ1) is 7.00. The number of anilines is 1. The van der Waals surface area contributed by atoms with Crippen LogP contribution in [0.1, 0.15) is 24.2 Å². The maximum atomic E-state index is 13.2. The molecule has 4 heteroatoms. The van der Waals surface area contributed by atoms with E-state index in [2.05, 4.69) is 5.32 Å². The van der Waals surface area contributed by atoms with Gasteiger partial charge in [0.1, 0.15) is 5.82 Å². The van der Waals surface area contributed by atoms with Gasteiger partial charge in [0.2, 0.25) is 0 Å². The summed E-state index contributed by atoms with van der Waals surface area (Å²) in [5.74, 6) is -0.642. The number of nitrogens with one attached hydrogen (secondary N) is 1.